The normalized spacial score (nSPS) is 18.1. The fraction of sp³-hybridized carbons (Fsp3) is 0.700. The van der Waals surface area contributed by atoms with Gasteiger partial charge in [0.1, 0.15) is 0 Å². The van der Waals surface area contributed by atoms with Crippen LogP contribution < -0.4 is 5.73 Å². The van der Waals surface area contributed by atoms with E-state index in [0.29, 0.717) is 26.2 Å². The highest BCUT2D eigenvalue weighted by Gasteiger charge is 2.28. The van der Waals surface area contributed by atoms with Gasteiger partial charge in [-0.05, 0) is 0 Å². The molecule has 0 aromatic heterocycles. The van der Waals surface area contributed by atoms with Gasteiger partial charge in [-0.15, -0.1) is 0 Å². The summed E-state index contributed by atoms with van der Waals surface area (Å²) in [6, 6.07) is 0. The summed E-state index contributed by atoms with van der Waals surface area (Å²) in [6.07, 6.45) is 0. The van der Waals surface area contributed by atoms with Crippen molar-refractivity contribution >= 4 is 17.7 Å². The summed E-state index contributed by atoms with van der Waals surface area (Å²) in [4.78, 5) is 36.8. The van der Waals surface area contributed by atoms with Gasteiger partial charge in [-0.3, -0.25) is 14.4 Å². The van der Waals surface area contributed by atoms with Crippen LogP contribution in [0.5, 0.6) is 0 Å². The van der Waals surface area contributed by atoms with Gasteiger partial charge in [-0.1, -0.05) is 0 Å². The Balaban J connectivity index is 2.80. The molecule has 0 bridgehead atoms. The van der Waals surface area contributed by atoms with Crippen LogP contribution in [0.1, 0.15) is 13.8 Å². The molecule has 0 unspecified atom stereocenters. The van der Waals surface area contributed by atoms with Crippen molar-refractivity contribution in [1.82, 2.24) is 9.80 Å². The molecule has 0 aromatic rings. The molecule has 90 valence electrons. The van der Waals surface area contributed by atoms with E-state index in [9.17, 15) is 14.4 Å². The van der Waals surface area contributed by atoms with Crippen LogP contribution in [0, 0.1) is 5.92 Å². The van der Waals surface area contributed by atoms with Gasteiger partial charge in [0.15, 0.2) is 0 Å². The van der Waals surface area contributed by atoms with Gasteiger partial charge in [-0.25, -0.2) is 0 Å². The number of carbonyl (C=O) groups is 3. The predicted molar refractivity (Wildman–Crippen MR) is 57.2 cm³/mol. The Morgan fingerprint density at radius 3 is 1.62 bits per heavy atom. The fourth-order valence-corrected chi connectivity index (χ4v) is 1.77. The minimum Gasteiger partial charge on any atom is -0.369 e. The topological polar surface area (TPSA) is 83.7 Å². The van der Waals surface area contributed by atoms with Crippen molar-refractivity contribution < 1.29 is 14.4 Å². The third kappa shape index (κ3) is 2.95. The van der Waals surface area contributed by atoms with Crippen molar-refractivity contribution in [1.29, 1.82) is 0 Å². The van der Waals surface area contributed by atoms with Gasteiger partial charge in [0.25, 0.3) is 0 Å². The second-order valence-corrected chi connectivity index (χ2v) is 4.03. The first-order valence-electron chi connectivity index (χ1n) is 5.22. The van der Waals surface area contributed by atoms with Gasteiger partial charge in [0.05, 0.1) is 5.92 Å². The SMILES string of the molecule is CC(=O)N1CCN(C(C)=O)CC(C(N)=O)C1. The Hall–Kier alpha value is -1.59. The summed E-state index contributed by atoms with van der Waals surface area (Å²) in [7, 11) is 0. The van der Waals surface area contributed by atoms with E-state index in [-0.39, 0.29) is 11.8 Å². The molecule has 0 radical (unpaired) electrons. The molecule has 2 N–H and O–H groups in total. The first kappa shape index (κ1) is 12.5. The van der Waals surface area contributed by atoms with Crippen LogP contribution in [0.2, 0.25) is 0 Å². The predicted octanol–water partition coefficient (Wildman–Crippen LogP) is -1.20. The number of nitrogens with zero attached hydrogens (tertiary/aromatic N) is 2. The van der Waals surface area contributed by atoms with Crippen molar-refractivity contribution in [2.45, 2.75) is 13.8 Å². The van der Waals surface area contributed by atoms with E-state index in [4.69, 9.17) is 5.73 Å². The summed E-state index contributed by atoms with van der Waals surface area (Å²) in [5.74, 6) is -1.15. The van der Waals surface area contributed by atoms with Crippen molar-refractivity contribution in [3.05, 3.63) is 0 Å². The van der Waals surface area contributed by atoms with Crippen LogP contribution >= 0.6 is 0 Å². The van der Waals surface area contributed by atoms with Crippen molar-refractivity contribution in [2.24, 2.45) is 11.7 Å². The Morgan fingerprint density at radius 1 is 1.00 bits per heavy atom. The minimum atomic E-state index is -0.477. The van der Waals surface area contributed by atoms with E-state index in [1.54, 1.807) is 9.80 Å². The van der Waals surface area contributed by atoms with Crippen LogP contribution in [0.4, 0.5) is 0 Å². The molecule has 6 nitrogen and oxygen atoms in total. The fourth-order valence-electron chi connectivity index (χ4n) is 1.77. The van der Waals surface area contributed by atoms with Crippen molar-refractivity contribution in [3.8, 4) is 0 Å². The molecule has 1 saturated heterocycles. The molecule has 1 aliphatic rings. The van der Waals surface area contributed by atoms with Gasteiger partial charge >= 0.3 is 0 Å². The molecule has 1 fully saturated rings. The molecule has 16 heavy (non-hydrogen) atoms. The van der Waals surface area contributed by atoms with Gasteiger partial charge in [-0.2, -0.15) is 0 Å². The average molecular weight is 227 g/mol. The lowest BCUT2D eigenvalue weighted by Crippen LogP contribution is -2.40. The van der Waals surface area contributed by atoms with Crippen LogP contribution in [0.25, 0.3) is 0 Å². The second-order valence-electron chi connectivity index (χ2n) is 4.03. The van der Waals surface area contributed by atoms with E-state index in [0.717, 1.165) is 0 Å². The second kappa shape index (κ2) is 4.96. The Morgan fingerprint density at radius 2 is 1.38 bits per heavy atom. The van der Waals surface area contributed by atoms with E-state index in [2.05, 4.69) is 0 Å². The monoisotopic (exact) mass is 227 g/mol. The Labute approximate surface area is 94.4 Å². The molecule has 0 atom stereocenters. The van der Waals surface area contributed by atoms with Gasteiger partial charge in [0, 0.05) is 40.0 Å². The maximum atomic E-state index is 11.3. The number of rotatable bonds is 1. The molecule has 3 amide bonds. The summed E-state index contributed by atoms with van der Waals surface area (Å²) in [5.41, 5.74) is 5.25. The summed E-state index contributed by atoms with van der Waals surface area (Å²) in [5, 5.41) is 0. The molecular weight excluding hydrogens is 210 g/mol. The van der Waals surface area contributed by atoms with Crippen molar-refractivity contribution in [3.63, 3.8) is 0 Å². The summed E-state index contributed by atoms with van der Waals surface area (Å²) in [6.45, 7) is 4.41. The Kier molecular flexibility index (Phi) is 3.87. The quantitative estimate of drug-likeness (QED) is 0.610. The van der Waals surface area contributed by atoms with Gasteiger partial charge in [0.2, 0.25) is 17.7 Å². The highest BCUT2D eigenvalue weighted by Crippen LogP contribution is 2.09. The zero-order valence-electron chi connectivity index (χ0n) is 9.60. The van der Waals surface area contributed by atoms with Crippen LogP contribution in [0.15, 0.2) is 0 Å². The highest BCUT2D eigenvalue weighted by atomic mass is 16.2. The lowest BCUT2D eigenvalue weighted by atomic mass is 10.1. The number of nitrogens with two attached hydrogens (primary N) is 1. The first-order valence-corrected chi connectivity index (χ1v) is 5.22. The van der Waals surface area contributed by atoms with E-state index in [1.165, 1.54) is 13.8 Å². The molecule has 1 rings (SSSR count). The number of amides is 3. The van der Waals surface area contributed by atoms with E-state index in [1.807, 2.05) is 0 Å². The third-order valence-corrected chi connectivity index (χ3v) is 2.81. The minimum absolute atomic E-state index is 0.100. The molecular formula is C10H17N3O3. The molecule has 1 heterocycles. The smallest absolute Gasteiger partial charge is 0.224 e. The average Bonchev–Trinajstić information content (AvgIpc) is 2.39. The van der Waals surface area contributed by atoms with Crippen LogP contribution in [0.3, 0.4) is 0 Å². The Bertz CT molecular complexity index is 292. The zero-order chi connectivity index (χ0) is 12.3. The number of hydrogen-bond donors (Lipinski definition) is 1. The third-order valence-electron chi connectivity index (χ3n) is 2.81. The number of hydrogen-bond acceptors (Lipinski definition) is 3. The number of primary amides is 1. The standard InChI is InChI=1S/C10H17N3O3/c1-7(14)12-3-4-13(8(2)15)6-9(5-12)10(11)16/h9H,3-6H2,1-2H3,(H2,11,16). The molecule has 0 aliphatic carbocycles. The summed E-state index contributed by atoms with van der Waals surface area (Å²) < 4.78 is 0. The van der Waals surface area contributed by atoms with Crippen LogP contribution in [-0.2, 0) is 14.4 Å². The maximum Gasteiger partial charge on any atom is 0.224 e. The zero-order valence-corrected chi connectivity index (χ0v) is 9.60. The molecule has 0 saturated carbocycles. The molecule has 6 heteroatoms. The van der Waals surface area contributed by atoms with Crippen molar-refractivity contribution in [2.75, 3.05) is 26.2 Å². The lowest BCUT2D eigenvalue weighted by molar-refractivity contribution is -0.131. The van der Waals surface area contributed by atoms with E-state index >= 15 is 0 Å². The number of carbonyl (C=O) groups excluding carboxylic acids is 3. The largest absolute Gasteiger partial charge is 0.369 e. The molecule has 0 aromatic carbocycles. The van der Waals surface area contributed by atoms with Crippen LogP contribution in [-0.4, -0.2) is 53.7 Å². The molecule has 0 spiro atoms. The lowest BCUT2D eigenvalue weighted by Gasteiger charge is -2.20. The van der Waals surface area contributed by atoms with E-state index < -0.39 is 11.8 Å². The summed E-state index contributed by atoms with van der Waals surface area (Å²) >= 11 is 0. The van der Waals surface area contributed by atoms with Gasteiger partial charge < -0.3 is 15.5 Å². The highest BCUT2D eigenvalue weighted by molar-refractivity contribution is 5.80. The maximum absolute atomic E-state index is 11.3. The first-order chi connectivity index (χ1) is 7.41. The molecule has 1 aliphatic heterocycles.